The van der Waals surface area contributed by atoms with Gasteiger partial charge in [0.1, 0.15) is 11.3 Å². The van der Waals surface area contributed by atoms with Crippen molar-refractivity contribution in [2.45, 2.75) is 20.3 Å². The number of hydrogen-bond donors (Lipinski definition) is 0. The number of carbonyl (C=O) groups is 1. The molecule has 3 aromatic rings. The summed E-state index contributed by atoms with van der Waals surface area (Å²) in [6.45, 7) is 5.12. The molecule has 0 spiro atoms. The van der Waals surface area contributed by atoms with E-state index in [-0.39, 0.29) is 5.91 Å². The number of fused-ring (bicyclic) bond motifs is 1. The van der Waals surface area contributed by atoms with E-state index in [0.717, 1.165) is 17.6 Å². The second-order valence-electron chi connectivity index (χ2n) is 5.61. The minimum Gasteiger partial charge on any atom is -0.337 e. The lowest BCUT2D eigenvalue weighted by atomic mass is 10.2. The minimum atomic E-state index is -0.0289. The first-order valence-corrected chi connectivity index (χ1v) is 8.30. The highest BCUT2D eigenvalue weighted by Gasteiger charge is 2.21. The first kappa shape index (κ1) is 16.5. The maximum atomic E-state index is 13.0. The van der Waals surface area contributed by atoms with Crippen LogP contribution in [0.4, 0.5) is 0 Å². The van der Waals surface area contributed by atoms with Crippen LogP contribution in [-0.4, -0.2) is 38.3 Å². The summed E-state index contributed by atoms with van der Waals surface area (Å²) >= 11 is 6.08. The maximum Gasteiger partial charge on any atom is 0.272 e. The highest BCUT2D eigenvalue weighted by Crippen LogP contribution is 2.18. The van der Waals surface area contributed by atoms with Crippen molar-refractivity contribution in [3.63, 3.8) is 0 Å². The molecule has 0 aliphatic heterocycles. The molecule has 24 heavy (non-hydrogen) atoms. The molecule has 0 unspecified atom stereocenters. The summed E-state index contributed by atoms with van der Waals surface area (Å²) < 4.78 is 1.77. The van der Waals surface area contributed by atoms with Crippen molar-refractivity contribution in [2.75, 3.05) is 13.1 Å². The van der Waals surface area contributed by atoms with Crippen LogP contribution < -0.4 is 0 Å². The van der Waals surface area contributed by atoms with Gasteiger partial charge in [-0.25, -0.2) is 4.98 Å². The predicted octanol–water partition coefficient (Wildman–Crippen LogP) is 3.40. The molecule has 0 aromatic carbocycles. The number of hydrogen-bond acceptors (Lipinski definition) is 3. The van der Waals surface area contributed by atoms with Gasteiger partial charge in [0.2, 0.25) is 0 Å². The molecule has 0 aliphatic carbocycles. The topological polar surface area (TPSA) is 50.5 Å². The van der Waals surface area contributed by atoms with E-state index in [4.69, 9.17) is 11.6 Å². The van der Waals surface area contributed by atoms with E-state index in [0.29, 0.717) is 29.5 Å². The third kappa shape index (κ3) is 3.26. The SMILES string of the molecule is CCN(CCc1ccncc1)C(=O)c1c(C)nc2ccc(Cl)cn12. The first-order chi connectivity index (χ1) is 11.6. The van der Waals surface area contributed by atoms with Crippen molar-refractivity contribution >= 4 is 23.2 Å². The fourth-order valence-electron chi connectivity index (χ4n) is 2.76. The number of carbonyl (C=O) groups excluding carboxylic acids is 1. The number of aromatic nitrogens is 3. The lowest BCUT2D eigenvalue weighted by Crippen LogP contribution is -2.34. The number of likely N-dealkylation sites (N-methyl/N-ethyl adjacent to an activating group) is 1. The van der Waals surface area contributed by atoms with E-state index in [1.807, 2.05) is 36.9 Å². The molecule has 6 heteroatoms. The number of pyridine rings is 2. The predicted molar refractivity (Wildman–Crippen MR) is 94.5 cm³/mol. The summed E-state index contributed by atoms with van der Waals surface area (Å²) in [4.78, 5) is 23.3. The summed E-state index contributed by atoms with van der Waals surface area (Å²) in [7, 11) is 0. The van der Waals surface area contributed by atoms with Crippen LogP contribution in [0, 0.1) is 6.92 Å². The molecule has 0 saturated carbocycles. The Labute approximate surface area is 145 Å². The van der Waals surface area contributed by atoms with E-state index >= 15 is 0 Å². The van der Waals surface area contributed by atoms with Crippen LogP contribution in [0.5, 0.6) is 0 Å². The molecule has 5 nitrogen and oxygen atoms in total. The molecule has 0 atom stereocenters. The smallest absolute Gasteiger partial charge is 0.272 e. The number of rotatable bonds is 5. The average Bonchev–Trinajstić information content (AvgIpc) is 2.91. The molecule has 0 saturated heterocycles. The average molecular weight is 343 g/mol. The highest BCUT2D eigenvalue weighted by molar-refractivity contribution is 6.30. The molecule has 1 amide bonds. The van der Waals surface area contributed by atoms with E-state index in [9.17, 15) is 4.79 Å². The zero-order valence-corrected chi connectivity index (χ0v) is 14.5. The molecular formula is C18H19ClN4O. The van der Waals surface area contributed by atoms with Crippen molar-refractivity contribution in [1.29, 1.82) is 0 Å². The fourth-order valence-corrected chi connectivity index (χ4v) is 2.92. The first-order valence-electron chi connectivity index (χ1n) is 7.92. The van der Waals surface area contributed by atoms with Gasteiger partial charge in [-0.3, -0.25) is 14.2 Å². The summed E-state index contributed by atoms with van der Waals surface area (Å²) in [6, 6.07) is 7.53. The van der Waals surface area contributed by atoms with Gasteiger partial charge < -0.3 is 4.90 Å². The third-order valence-corrected chi connectivity index (χ3v) is 4.27. The monoisotopic (exact) mass is 342 g/mol. The van der Waals surface area contributed by atoms with Gasteiger partial charge in [0.15, 0.2) is 0 Å². The quantitative estimate of drug-likeness (QED) is 0.714. The fraction of sp³-hybridized carbons (Fsp3) is 0.278. The van der Waals surface area contributed by atoms with Crippen LogP contribution in [0.3, 0.4) is 0 Å². The molecule has 3 heterocycles. The van der Waals surface area contributed by atoms with Gasteiger partial charge in [-0.05, 0) is 50.1 Å². The third-order valence-electron chi connectivity index (χ3n) is 4.05. The van der Waals surface area contributed by atoms with Crippen molar-refractivity contribution in [3.05, 3.63) is 64.8 Å². The standard InChI is InChI=1S/C18H19ClN4O/c1-3-22(11-8-14-6-9-20-10-7-14)18(24)17-13(2)21-16-5-4-15(19)12-23(16)17/h4-7,9-10,12H,3,8,11H2,1-2H3. The van der Waals surface area contributed by atoms with Crippen LogP contribution in [0.15, 0.2) is 42.9 Å². The molecule has 0 radical (unpaired) electrons. The molecule has 0 N–H and O–H groups in total. The van der Waals surface area contributed by atoms with Crippen LogP contribution in [0.2, 0.25) is 5.02 Å². The second-order valence-corrected chi connectivity index (χ2v) is 6.05. The molecular weight excluding hydrogens is 324 g/mol. The summed E-state index contributed by atoms with van der Waals surface area (Å²) in [5, 5.41) is 0.578. The van der Waals surface area contributed by atoms with Crippen molar-refractivity contribution < 1.29 is 4.79 Å². The lowest BCUT2D eigenvalue weighted by Gasteiger charge is -2.21. The van der Waals surface area contributed by atoms with Crippen molar-refractivity contribution in [2.24, 2.45) is 0 Å². The second kappa shape index (κ2) is 7.01. The van der Waals surface area contributed by atoms with Gasteiger partial charge in [-0.15, -0.1) is 0 Å². The molecule has 124 valence electrons. The largest absolute Gasteiger partial charge is 0.337 e. The van der Waals surface area contributed by atoms with Crippen molar-refractivity contribution in [3.8, 4) is 0 Å². The minimum absolute atomic E-state index is 0.0289. The van der Waals surface area contributed by atoms with Gasteiger partial charge in [-0.2, -0.15) is 0 Å². The van der Waals surface area contributed by atoms with Gasteiger partial charge in [0.25, 0.3) is 5.91 Å². The Morgan fingerprint density at radius 3 is 2.71 bits per heavy atom. The Morgan fingerprint density at radius 1 is 1.25 bits per heavy atom. The van der Waals surface area contributed by atoms with Crippen LogP contribution >= 0.6 is 11.6 Å². The summed E-state index contributed by atoms with van der Waals surface area (Å²) in [5.74, 6) is -0.0289. The zero-order chi connectivity index (χ0) is 17.1. The summed E-state index contributed by atoms with van der Waals surface area (Å²) in [6.07, 6.45) is 6.06. The molecule has 0 fully saturated rings. The Morgan fingerprint density at radius 2 is 2.00 bits per heavy atom. The Bertz CT molecular complexity index is 860. The molecule has 0 aliphatic rings. The highest BCUT2D eigenvalue weighted by atomic mass is 35.5. The van der Waals surface area contributed by atoms with Crippen LogP contribution in [-0.2, 0) is 6.42 Å². The van der Waals surface area contributed by atoms with Crippen molar-refractivity contribution in [1.82, 2.24) is 19.3 Å². The Balaban J connectivity index is 1.86. The maximum absolute atomic E-state index is 13.0. The van der Waals surface area contributed by atoms with E-state index < -0.39 is 0 Å². The van der Waals surface area contributed by atoms with E-state index in [2.05, 4.69) is 9.97 Å². The van der Waals surface area contributed by atoms with Gasteiger partial charge in [0, 0.05) is 31.7 Å². The summed E-state index contributed by atoms with van der Waals surface area (Å²) in [5.41, 5.74) is 3.17. The van der Waals surface area contributed by atoms with E-state index in [1.165, 1.54) is 0 Å². The van der Waals surface area contributed by atoms with Crippen LogP contribution in [0.1, 0.15) is 28.7 Å². The number of aryl methyl sites for hydroxylation is 1. The van der Waals surface area contributed by atoms with Crippen LogP contribution in [0.25, 0.3) is 5.65 Å². The zero-order valence-electron chi connectivity index (χ0n) is 13.7. The molecule has 3 aromatic heterocycles. The number of amides is 1. The van der Waals surface area contributed by atoms with Gasteiger partial charge >= 0.3 is 0 Å². The Kier molecular flexibility index (Phi) is 4.81. The van der Waals surface area contributed by atoms with E-state index in [1.54, 1.807) is 29.1 Å². The lowest BCUT2D eigenvalue weighted by molar-refractivity contribution is 0.0758. The number of halogens is 1. The normalized spacial score (nSPS) is 11.0. The van der Waals surface area contributed by atoms with Gasteiger partial charge in [0.05, 0.1) is 10.7 Å². The molecule has 3 rings (SSSR count). The Hall–Kier alpha value is -2.40. The van der Waals surface area contributed by atoms with Gasteiger partial charge in [-0.1, -0.05) is 11.6 Å². The molecule has 0 bridgehead atoms. The number of nitrogens with zero attached hydrogens (tertiary/aromatic N) is 4. The number of imidazole rings is 1.